The Kier molecular flexibility index (Phi) is 2.30. The first-order valence-corrected chi connectivity index (χ1v) is 5.81. The van der Waals surface area contributed by atoms with Crippen molar-refractivity contribution in [2.75, 3.05) is 5.73 Å². The Morgan fingerprint density at radius 1 is 1.17 bits per heavy atom. The molecule has 18 heavy (non-hydrogen) atoms. The van der Waals surface area contributed by atoms with E-state index in [1.54, 1.807) is 6.07 Å². The number of aryl methyl sites for hydroxylation is 2. The maximum atomic E-state index is 5.79. The highest BCUT2D eigenvalue weighted by molar-refractivity contribution is 5.94. The lowest BCUT2D eigenvalue weighted by Crippen LogP contribution is -1.97. The van der Waals surface area contributed by atoms with Gasteiger partial charge in [-0.05, 0) is 13.0 Å². The number of aromatic nitrogens is 3. The van der Waals surface area contributed by atoms with Crippen LogP contribution in [0, 0.1) is 6.92 Å². The minimum absolute atomic E-state index is 0.505. The lowest BCUT2D eigenvalue weighted by atomic mass is 10.1. The molecule has 0 aliphatic rings. The van der Waals surface area contributed by atoms with Crippen LogP contribution < -0.4 is 5.73 Å². The SMILES string of the molecule is Cc1cc(N)nc(-c2cn(C)c3ccccc23)n1. The van der Waals surface area contributed by atoms with Gasteiger partial charge in [0.2, 0.25) is 0 Å². The molecule has 1 aromatic carbocycles. The fourth-order valence-electron chi connectivity index (χ4n) is 2.23. The monoisotopic (exact) mass is 238 g/mol. The minimum atomic E-state index is 0.505. The summed E-state index contributed by atoms with van der Waals surface area (Å²) in [6.07, 6.45) is 2.04. The fourth-order valence-corrected chi connectivity index (χ4v) is 2.23. The Balaban J connectivity index is 2.31. The summed E-state index contributed by atoms with van der Waals surface area (Å²) in [5.74, 6) is 1.19. The van der Waals surface area contributed by atoms with Crippen LogP contribution in [0.5, 0.6) is 0 Å². The number of fused-ring (bicyclic) bond motifs is 1. The third-order valence-corrected chi connectivity index (χ3v) is 3.01. The average Bonchev–Trinajstić information content (AvgIpc) is 2.66. The molecule has 0 radical (unpaired) electrons. The Morgan fingerprint density at radius 3 is 2.72 bits per heavy atom. The molecule has 3 rings (SSSR count). The number of nitrogen functional groups attached to an aromatic ring is 1. The Hall–Kier alpha value is -2.36. The van der Waals surface area contributed by atoms with Crippen molar-refractivity contribution in [2.24, 2.45) is 7.05 Å². The Labute approximate surface area is 105 Å². The van der Waals surface area contributed by atoms with Crippen LogP contribution in [0.2, 0.25) is 0 Å². The molecule has 2 heterocycles. The molecule has 0 spiro atoms. The van der Waals surface area contributed by atoms with Crippen molar-refractivity contribution < 1.29 is 0 Å². The number of benzene rings is 1. The summed E-state index contributed by atoms with van der Waals surface area (Å²) in [5, 5.41) is 1.14. The molecule has 0 fully saturated rings. The van der Waals surface area contributed by atoms with Gasteiger partial charge in [0.05, 0.1) is 0 Å². The number of hydrogen-bond donors (Lipinski definition) is 1. The van der Waals surface area contributed by atoms with E-state index < -0.39 is 0 Å². The van der Waals surface area contributed by atoms with Crippen molar-refractivity contribution in [2.45, 2.75) is 6.92 Å². The fraction of sp³-hybridized carbons (Fsp3) is 0.143. The summed E-state index contributed by atoms with van der Waals surface area (Å²) in [4.78, 5) is 8.78. The molecule has 0 amide bonds. The molecule has 0 saturated carbocycles. The molecule has 0 aliphatic carbocycles. The zero-order valence-corrected chi connectivity index (χ0v) is 10.4. The van der Waals surface area contributed by atoms with E-state index in [1.807, 2.05) is 32.3 Å². The third-order valence-electron chi connectivity index (χ3n) is 3.01. The van der Waals surface area contributed by atoms with Crippen LogP contribution in [0.3, 0.4) is 0 Å². The highest BCUT2D eigenvalue weighted by Crippen LogP contribution is 2.28. The van der Waals surface area contributed by atoms with Gasteiger partial charge < -0.3 is 10.3 Å². The summed E-state index contributed by atoms with van der Waals surface area (Å²) < 4.78 is 2.08. The molecular weight excluding hydrogens is 224 g/mol. The first-order chi connectivity index (χ1) is 8.65. The minimum Gasteiger partial charge on any atom is -0.384 e. The van der Waals surface area contributed by atoms with Crippen molar-refractivity contribution in [3.8, 4) is 11.4 Å². The van der Waals surface area contributed by atoms with Crippen molar-refractivity contribution >= 4 is 16.7 Å². The van der Waals surface area contributed by atoms with Gasteiger partial charge in [-0.2, -0.15) is 0 Å². The van der Waals surface area contributed by atoms with Gasteiger partial charge in [0.1, 0.15) is 5.82 Å². The first-order valence-electron chi connectivity index (χ1n) is 5.81. The van der Waals surface area contributed by atoms with Crippen LogP contribution >= 0.6 is 0 Å². The van der Waals surface area contributed by atoms with Crippen molar-refractivity contribution in [3.63, 3.8) is 0 Å². The molecule has 0 bridgehead atoms. The summed E-state index contributed by atoms with van der Waals surface area (Å²) in [7, 11) is 2.02. The Morgan fingerprint density at radius 2 is 1.94 bits per heavy atom. The lowest BCUT2D eigenvalue weighted by molar-refractivity contribution is 0.967. The number of para-hydroxylation sites is 1. The van der Waals surface area contributed by atoms with E-state index in [2.05, 4.69) is 26.7 Å². The van der Waals surface area contributed by atoms with Crippen molar-refractivity contribution in [1.29, 1.82) is 0 Å². The molecule has 90 valence electrons. The largest absolute Gasteiger partial charge is 0.384 e. The topological polar surface area (TPSA) is 56.7 Å². The van der Waals surface area contributed by atoms with Crippen LogP contribution in [-0.4, -0.2) is 14.5 Å². The molecule has 0 atom stereocenters. The number of rotatable bonds is 1. The van der Waals surface area contributed by atoms with Crippen LogP contribution in [-0.2, 0) is 7.05 Å². The highest BCUT2D eigenvalue weighted by Gasteiger charge is 2.11. The zero-order chi connectivity index (χ0) is 12.7. The molecule has 2 aromatic heterocycles. The van der Waals surface area contributed by atoms with E-state index in [0.29, 0.717) is 11.6 Å². The number of nitrogens with zero attached hydrogens (tertiary/aromatic N) is 3. The van der Waals surface area contributed by atoms with Gasteiger partial charge in [-0.1, -0.05) is 18.2 Å². The van der Waals surface area contributed by atoms with Crippen LogP contribution in [0.1, 0.15) is 5.69 Å². The van der Waals surface area contributed by atoms with Gasteiger partial charge in [0, 0.05) is 41.5 Å². The van der Waals surface area contributed by atoms with E-state index in [1.165, 1.54) is 0 Å². The van der Waals surface area contributed by atoms with E-state index in [-0.39, 0.29) is 0 Å². The number of anilines is 1. The van der Waals surface area contributed by atoms with Gasteiger partial charge in [-0.15, -0.1) is 0 Å². The van der Waals surface area contributed by atoms with Gasteiger partial charge in [0.25, 0.3) is 0 Å². The third kappa shape index (κ3) is 1.62. The zero-order valence-electron chi connectivity index (χ0n) is 10.4. The van der Waals surface area contributed by atoms with E-state index in [9.17, 15) is 0 Å². The predicted molar refractivity (Wildman–Crippen MR) is 73.1 cm³/mol. The van der Waals surface area contributed by atoms with Crippen LogP contribution in [0.4, 0.5) is 5.82 Å². The van der Waals surface area contributed by atoms with Crippen molar-refractivity contribution in [3.05, 3.63) is 42.2 Å². The quantitative estimate of drug-likeness (QED) is 0.708. The number of nitrogens with two attached hydrogens (primary N) is 1. The second-order valence-corrected chi connectivity index (χ2v) is 4.43. The summed E-state index contributed by atoms with van der Waals surface area (Å²) in [5.41, 5.74) is 8.85. The van der Waals surface area contributed by atoms with Gasteiger partial charge in [-0.25, -0.2) is 9.97 Å². The normalized spacial score (nSPS) is 11.0. The first kappa shape index (κ1) is 10.8. The molecule has 4 heteroatoms. The Bertz CT molecular complexity index is 707. The predicted octanol–water partition coefficient (Wildman–Crippen LogP) is 2.53. The smallest absolute Gasteiger partial charge is 0.163 e. The average molecular weight is 238 g/mol. The molecule has 0 saturated heterocycles. The maximum Gasteiger partial charge on any atom is 0.163 e. The van der Waals surface area contributed by atoms with Gasteiger partial charge in [-0.3, -0.25) is 0 Å². The lowest BCUT2D eigenvalue weighted by Gasteiger charge is -2.01. The molecular formula is C14H14N4. The van der Waals surface area contributed by atoms with Gasteiger partial charge >= 0.3 is 0 Å². The van der Waals surface area contributed by atoms with E-state index in [0.717, 1.165) is 22.2 Å². The van der Waals surface area contributed by atoms with Gasteiger partial charge in [0.15, 0.2) is 5.82 Å². The maximum absolute atomic E-state index is 5.79. The molecule has 0 aliphatic heterocycles. The van der Waals surface area contributed by atoms with Crippen LogP contribution in [0.15, 0.2) is 36.5 Å². The van der Waals surface area contributed by atoms with E-state index >= 15 is 0 Å². The van der Waals surface area contributed by atoms with Crippen molar-refractivity contribution in [1.82, 2.24) is 14.5 Å². The molecule has 2 N–H and O–H groups in total. The van der Waals surface area contributed by atoms with Crippen LogP contribution in [0.25, 0.3) is 22.3 Å². The second-order valence-electron chi connectivity index (χ2n) is 4.43. The summed E-state index contributed by atoms with van der Waals surface area (Å²) >= 11 is 0. The van der Waals surface area contributed by atoms with E-state index in [4.69, 9.17) is 5.73 Å². The second kappa shape index (κ2) is 3.84. The summed E-state index contributed by atoms with van der Waals surface area (Å²) in [6.45, 7) is 1.92. The molecule has 4 nitrogen and oxygen atoms in total. The standard InChI is InChI=1S/C14H14N4/c1-9-7-13(15)17-14(16-9)11-8-18(2)12-6-4-3-5-10(11)12/h3-8H,1-2H3,(H2,15,16,17). The summed E-state index contributed by atoms with van der Waals surface area (Å²) in [6, 6.07) is 9.97. The molecule has 3 aromatic rings. The molecule has 0 unspecified atom stereocenters. The highest BCUT2D eigenvalue weighted by atomic mass is 15.0. The number of hydrogen-bond acceptors (Lipinski definition) is 3.